The van der Waals surface area contributed by atoms with Crippen molar-refractivity contribution in [2.45, 2.75) is 51.6 Å². The quantitative estimate of drug-likeness (QED) is 0.151. The number of nitrogens with two attached hydrogens (primary N) is 2. The number of benzene rings is 4. The molecule has 1 heterocycles. The third-order valence-corrected chi connectivity index (χ3v) is 8.39. The Labute approximate surface area is 257 Å². The summed E-state index contributed by atoms with van der Waals surface area (Å²) in [6.07, 6.45) is 0.621. The molecule has 0 fully saturated rings. The fourth-order valence-corrected chi connectivity index (χ4v) is 6.38. The zero-order valence-corrected chi connectivity index (χ0v) is 25.2. The minimum atomic E-state index is -1.20. The first-order valence-corrected chi connectivity index (χ1v) is 14.8. The van der Waals surface area contributed by atoms with Crippen LogP contribution in [0.1, 0.15) is 82.6 Å². The number of carbonyl (C=O) groups excluding carboxylic acids is 2. The Kier molecular flexibility index (Phi) is 8.56. The fourth-order valence-electron chi connectivity index (χ4n) is 6.38. The largest absolute Gasteiger partial charge is 0.478 e. The van der Waals surface area contributed by atoms with E-state index in [1.165, 1.54) is 0 Å². The molecule has 1 aliphatic rings. The molecule has 1 aliphatic heterocycles. The lowest BCUT2D eigenvalue weighted by molar-refractivity contribution is -0.116. The summed E-state index contributed by atoms with van der Waals surface area (Å²) in [5, 5.41) is 17.2. The maximum Gasteiger partial charge on any atom is 0.336 e. The van der Waals surface area contributed by atoms with E-state index in [1.54, 1.807) is 18.2 Å². The Morgan fingerprint density at radius 1 is 0.977 bits per heavy atom. The Bertz CT molecular complexity index is 1720. The highest BCUT2D eigenvalue weighted by Crippen LogP contribution is 2.51. The first-order chi connectivity index (χ1) is 21.0. The van der Waals surface area contributed by atoms with Gasteiger partial charge in [-0.3, -0.25) is 9.59 Å². The number of rotatable bonds is 9. The van der Waals surface area contributed by atoms with Gasteiger partial charge in [0.1, 0.15) is 0 Å². The summed E-state index contributed by atoms with van der Waals surface area (Å²) in [7, 11) is 0. The molecule has 4 aromatic rings. The molecular formula is C36H38N4O4. The van der Waals surface area contributed by atoms with Gasteiger partial charge >= 0.3 is 5.97 Å². The summed E-state index contributed by atoms with van der Waals surface area (Å²) >= 11 is 0. The number of amides is 2. The summed E-state index contributed by atoms with van der Waals surface area (Å²) < 4.78 is 0. The highest BCUT2D eigenvalue weighted by atomic mass is 16.4. The molecule has 0 aliphatic carbocycles. The standard InChI is InChI=1S/C36H38N4O4/c1-21(2)16-30(41)40-28-18-25(23-10-6-4-7-11-23)31(35(43)44)32(33(28)34(38)42)29-19-36(3,24-12-8-5-9-13-24)26-17-22(20-37)14-15-27(26)39-29/h4-15,17-18,21,29,39H,16,19-20,37H2,1-3H3,(H2,38,42)(H,40,41)(H,43,44). The van der Waals surface area contributed by atoms with E-state index < -0.39 is 23.3 Å². The highest BCUT2D eigenvalue weighted by Gasteiger charge is 2.42. The van der Waals surface area contributed by atoms with Gasteiger partial charge in [-0.15, -0.1) is 0 Å². The molecule has 0 saturated carbocycles. The normalized spacial score (nSPS) is 17.4. The first-order valence-electron chi connectivity index (χ1n) is 14.8. The van der Waals surface area contributed by atoms with E-state index >= 15 is 0 Å². The number of hydrogen-bond acceptors (Lipinski definition) is 5. The van der Waals surface area contributed by atoms with E-state index in [-0.39, 0.29) is 40.6 Å². The molecule has 226 valence electrons. The average molecular weight is 591 g/mol. The summed E-state index contributed by atoms with van der Waals surface area (Å²) in [4.78, 5) is 39.6. The minimum Gasteiger partial charge on any atom is -0.478 e. The molecular weight excluding hydrogens is 552 g/mol. The molecule has 8 nitrogen and oxygen atoms in total. The van der Waals surface area contributed by atoms with Crippen LogP contribution in [0.2, 0.25) is 0 Å². The van der Waals surface area contributed by atoms with Crippen molar-refractivity contribution < 1.29 is 19.5 Å². The molecule has 4 aromatic carbocycles. The van der Waals surface area contributed by atoms with Gasteiger partial charge in [-0.2, -0.15) is 0 Å². The van der Waals surface area contributed by atoms with Crippen LogP contribution in [0.4, 0.5) is 11.4 Å². The third kappa shape index (κ3) is 5.81. The van der Waals surface area contributed by atoms with E-state index in [4.69, 9.17) is 11.5 Å². The van der Waals surface area contributed by atoms with Crippen LogP contribution in [0.25, 0.3) is 11.1 Å². The average Bonchev–Trinajstić information content (AvgIpc) is 3.00. The van der Waals surface area contributed by atoms with E-state index in [9.17, 15) is 19.5 Å². The van der Waals surface area contributed by atoms with E-state index in [0.717, 1.165) is 22.4 Å². The third-order valence-electron chi connectivity index (χ3n) is 8.39. The highest BCUT2D eigenvalue weighted by molar-refractivity contribution is 6.10. The van der Waals surface area contributed by atoms with Crippen molar-refractivity contribution >= 4 is 29.2 Å². The van der Waals surface area contributed by atoms with E-state index in [1.807, 2.05) is 74.5 Å². The van der Waals surface area contributed by atoms with Gasteiger partial charge in [-0.25, -0.2) is 4.79 Å². The molecule has 8 heteroatoms. The van der Waals surface area contributed by atoms with Gasteiger partial charge in [0.05, 0.1) is 22.9 Å². The maximum atomic E-state index is 13.3. The molecule has 0 saturated heterocycles. The summed E-state index contributed by atoms with van der Waals surface area (Å²) in [5.74, 6) is -2.25. The number of aromatic carboxylic acids is 1. The molecule has 5 rings (SSSR count). The summed E-state index contributed by atoms with van der Waals surface area (Å²) in [6.45, 7) is 6.33. The van der Waals surface area contributed by atoms with Gasteiger partial charge in [0.2, 0.25) is 5.91 Å². The lowest BCUT2D eigenvalue weighted by Gasteiger charge is -2.43. The number of hydrogen-bond donors (Lipinski definition) is 5. The fraction of sp³-hybridized carbons (Fsp3) is 0.250. The van der Waals surface area contributed by atoms with Gasteiger partial charge < -0.3 is 27.2 Å². The second-order valence-corrected chi connectivity index (χ2v) is 12.0. The monoisotopic (exact) mass is 590 g/mol. The van der Waals surface area contributed by atoms with Gasteiger partial charge in [-0.05, 0) is 52.3 Å². The molecule has 0 spiro atoms. The second kappa shape index (κ2) is 12.3. The zero-order chi connectivity index (χ0) is 31.6. The molecule has 2 atom stereocenters. The minimum absolute atomic E-state index is 0.0193. The molecule has 2 unspecified atom stereocenters. The summed E-state index contributed by atoms with van der Waals surface area (Å²) in [5.41, 5.74) is 16.7. The van der Waals surface area contributed by atoms with Crippen LogP contribution in [0, 0.1) is 5.92 Å². The predicted octanol–water partition coefficient (Wildman–Crippen LogP) is 6.46. The van der Waals surface area contributed by atoms with Crippen LogP contribution in [0.5, 0.6) is 0 Å². The number of carboxylic acid groups (broad SMARTS) is 1. The topological polar surface area (TPSA) is 148 Å². The maximum absolute atomic E-state index is 13.3. The molecule has 0 radical (unpaired) electrons. The van der Waals surface area contributed by atoms with Gasteiger partial charge in [0, 0.05) is 29.6 Å². The number of primary amides is 1. The molecule has 7 N–H and O–H groups in total. The molecule has 0 bridgehead atoms. The Morgan fingerprint density at radius 2 is 1.64 bits per heavy atom. The number of anilines is 2. The van der Waals surface area contributed by atoms with Gasteiger partial charge in [-0.1, -0.05) is 93.6 Å². The van der Waals surface area contributed by atoms with Gasteiger partial charge in [0.25, 0.3) is 5.91 Å². The van der Waals surface area contributed by atoms with Crippen LogP contribution in [-0.4, -0.2) is 22.9 Å². The Balaban J connectivity index is 1.82. The van der Waals surface area contributed by atoms with Crippen molar-refractivity contribution in [3.05, 3.63) is 118 Å². The van der Waals surface area contributed by atoms with Gasteiger partial charge in [0.15, 0.2) is 0 Å². The lowest BCUT2D eigenvalue weighted by atomic mass is 9.67. The zero-order valence-electron chi connectivity index (χ0n) is 25.2. The van der Waals surface area contributed by atoms with Crippen molar-refractivity contribution in [3.63, 3.8) is 0 Å². The number of nitrogens with one attached hydrogen (secondary N) is 2. The van der Waals surface area contributed by atoms with E-state index in [2.05, 4.69) is 23.6 Å². The molecule has 0 aromatic heterocycles. The van der Waals surface area contributed by atoms with Crippen LogP contribution < -0.4 is 22.1 Å². The van der Waals surface area contributed by atoms with Crippen molar-refractivity contribution in [1.82, 2.24) is 0 Å². The smallest absolute Gasteiger partial charge is 0.336 e. The number of fused-ring (bicyclic) bond motifs is 1. The molecule has 44 heavy (non-hydrogen) atoms. The molecule has 2 amide bonds. The number of carboxylic acids is 1. The summed E-state index contributed by atoms with van der Waals surface area (Å²) in [6, 6.07) is 25.9. The Morgan fingerprint density at radius 3 is 2.23 bits per heavy atom. The van der Waals surface area contributed by atoms with Crippen molar-refractivity contribution in [3.8, 4) is 11.1 Å². The van der Waals surface area contributed by atoms with Crippen molar-refractivity contribution in [2.24, 2.45) is 17.4 Å². The van der Waals surface area contributed by atoms with Crippen LogP contribution >= 0.6 is 0 Å². The van der Waals surface area contributed by atoms with Crippen LogP contribution in [0.3, 0.4) is 0 Å². The van der Waals surface area contributed by atoms with Crippen molar-refractivity contribution in [1.29, 1.82) is 0 Å². The lowest BCUT2D eigenvalue weighted by Crippen LogP contribution is -2.37. The van der Waals surface area contributed by atoms with Crippen LogP contribution in [-0.2, 0) is 16.8 Å². The predicted molar refractivity (Wildman–Crippen MR) is 174 cm³/mol. The van der Waals surface area contributed by atoms with E-state index in [0.29, 0.717) is 24.1 Å². The van der Waals surface area contributed by atoms with Crippen LogP contribution in [0.15, 0.2) is 84.9 Å². The first kappa shape index (κ1) is 30.5. The second-order valence-electron chi connectivity index (χ2n) is 12.0. The number of carbonyl (C=O) groups is 3. The Hall–Kier alpha value is -4.95. The van der Waals surface area contributed by atoms with Crippen molar-refractivity contribution in [2.75, 3.05) is 10.6 Å². The SMILES string of the molecule is CC(C)CC(=O)Nc1cc(-c2ccccc2)c(C(=O)O)c(C2CC(C)(c3ccccc3)c3cc(CN)ccc3N2)c1C(N)=O.